The normalized spacial score (nSPS) is 12.1. The van der Waals surface area contributed by atoms with Crippen LogP contribution in [0, 0.1) is 0 Å². The maximum atomic E-state index is 12.5. The van der Waals surface area contributed by atoms with E-state index >= 15 is 0 Å². The highest BCUT2D eigenvalue weighted by Crippen LogP contribution is 2.25. The highest BCUT2D eigenvalue weighted by molar-refractivity contribution is 7.92. The van der Waals surface area contributed by atoms with E-state index in [0.717, 1.165) is 15.8 Å². The van der Waals surface area contributed by atoms with Crippen LogP contribution in [0.5, 0.6) is 0 Å². The van der Waals surface area contributed by atoms with Gasteiger partial charge in [-0.1, -0.05) is 59.3 Å². The van der Waals surface area contributed by atoms with E-state index in [9.17, 15) is 18.0 Å². The van der Waals surface area contributed by atoms with Gasteiger partial charge < -0.3 is 9.88 Å². The molecule has 0 unspecified atom stereocenters. The molecule has 0 saturated carbocycles. The van der Waals surface area contributed by atoms with Gasteiger partial charge in [0.2, 0.25) is 5.91 Å². The molecule has 0 aliphatic carbocycles. The van der Waals surface area contributed by atoms with Crippen LogP contribution in [-0.2, 0) is 26.0 Å². The summed E-state index contributed by atoms with van der Waals surface area (Å²) in [5.41, 5.74) is 2.34. The maximum Gasteiger partial charge on any atom is 0.263 e. The fourth-order valence-electron chi connectivity index (χ4n) is 3.24. The van der Waals surface area contributed by atoms with E-state index < -0.39 is 33.2 Å². The van der Waals surface area contributed by atoms with Gasteiger partial charge in [0, 0.05) is 22.5 Å². The zero-order valence-electron chi connectivity index (χ0n) is 18.2. The summed E-state index contributed by atoms with van der Waals surface area (Å²) < 4.78 is 27.5. The van der Waals surface area contributed by atoms with Crippen LogP contribution in [0.2, 0.25) is 5.02 Å². The van der Waals surface area contributed by atoms with E-state index in [1.54, 1.807) is 34.2 Å². The van der Waals surface area contributed by atoms with Crippen molar-refractivity contribution >= 4 is 71.3 Å². The van der Waals surface area contributed by atoms with Gasteiger partial charge in [-0.3, -0.25) is 9.59 Å². The van der Waals surface area contributed by atoms with E-state index in [4.69, 9.17) is 11.6 Å². The number of aromatic nitrogens is 2. The average Bonchev–Trinajstić information content (AvgIpc) is 3.38. The lowest BCUT2D eigenvalue weighted by molar-refractivity contribution is -0.115. The maximum absolute atomic E-state index is 12.5. The molecule has 12 heteroatoms. The van der Waals surface area contributed by atoms with Crippen LogP contribution < -0.4 is 10.1 Å². The second kappa shape index (κ2) is 10.6. The molecular formula is C23H19ClN4O4S3. The Hall–Kier alpha value is -3.12. The van der Waals surface area contributed by atoms with Crippen molar-refractivity contribution in [3.63, 3.8) is 0 Å². The SMILES string of the molecule is C=CCn1c(=NC(=O)CS(=O)(=O)CC(=O)Nc2nc(-c3ccccc3)cs2)sc2cc(Cl)ccc21. The second-order valence-corrected chi connectivity index (χ2v) is 11.8. The smallest absolute Gasteiger partial charge is 0.263 e. The number of nitrogens with one attached hydrogen (secondary N) is 1. The number of anilines is 1. The topological polar surface area (TPSA) is 110 Å². The number of fused-ring (bicyclic) bond motifs is 1. The second-order valence-electron chi connectivity index (χ2n) is 7.39. The fourth-order valence-corrected chi connectivity index (χ4v) is 6.33. The molecule has 1 N–H and O–H groups in total. The van der Waals surface area contributed by atoms with E-state index in [2.05, 4.69) is 21.9 Å². The molecule has 8 nitrogen and oxygen atoms in total. The third-order valence-electron chi connectivity index (χ3n) is 4.69. The first-order valence-corrected chi connectivity index (χ1v) is 14.1. The first-order chi connectivity index (χ1) is 16.7. The lowest BCUT2D eigenvalue weighted by atomic mass is 10.2. The molecule has 0 fully saturated rings. The monoisotopic (exact) mass is 546 g/mol. The summed E-state index contributed by atoms with van der Waals surface area (Å²) in [4.78, 5) is 33.4. The number of amides is 2. The zero-order valence-corrected chi connectivity index (χ0v) is 21.4. The van der Waals surface area contributed by atoms with Crippen LogP contribution in [0.15, 0.2) is 71.6 Å². The molecular weight excluding hydrogens is 528 g/mol. The highest BCUT2D eigenvalue weighted by atomic mass is 35.5. The Balaban J connectivity index is 1.45. The molecule has 2 amide bonds. The number of carbonyl (C=O) groups excluding carboxylic acids is 2. The largest absolute Gasteiger partial charge is 0.313 e. The Labute approximate surface area is 214 Å². The van der Waals surface area contributed by atoms with Crippen LogP contribution in [0.4, 0.5) is 5.13 Å². The van der Waals surface area contributed by atoms with Crippen molar-refractivity contribution in [1.82, 2.24) is 9.55 Å². The molecule has 4 aromatic rings. The van der Waals surface area contributed by atoms with Gasteiger partial charge >= 0.3 is 0 Å². The summed E-state index contributed by atoms with van der Waals surface area (Å²) in [5.74, 6) is -3.39. The molecule has 0 atom stereocenters. The van der Waals surface area contributed by atoms with Crippen molar-refractivity contribution in [2.24, 2.45) is 4.99 Å². The van der Waals surface area contributed by atoms with Gasteiger partial charge in [0.15, 0.2) is 19.8 Å². The predicted octanol–water partition coefficient (Wildman–Crippen LogP) is 4.15. The minimum atomic E-state index is -4.05. The van der Waals surface area contributed by atoms with Crippen LogP contribution in [0.25, 0.3) is 21.5 Å². The molecule has 2 heterocycles. The molecule has 2 aromatic carbocycles. The molecule has 0 bridgehead atoms. The quantitative estimate of drug-likeness (QED) is 0.334. The number of nitrogens with zero attached hydrogens (tertiary/aromatic N) is 3. The van der Waals surface area contributed by atoms with E-state index in [-0.39, 0.29) is 5.13 Å². The Morgan fingerprint density at radius 1 is 1.17 bits per heavy atom. The lowest BCUT2D eigenvalue weighted by Gasteiger charge is -2.03. The number of hydrogen-bond donors (Lipinski definition) is 1. The number of rotatable bonds is 8. The number of allylic oxidation sites excluding steroid dienone is 1. The van der Waals surface area contributed by atoms with Gasteiger partial charge in [0.1, 0.15) is 11.5 Å². The summed E-state index contributed by atoms with van der Waals surface area (Å²) in [6.45, 7) is 4.09. The van der Waals surface area contributed by atoms with Crippen molar-refractivity contribution in [2.75, 3.05) is 16.8 Å². The van der Waals surface area contributed by atoms with Gasteiger partial charge in [-0.25, -0.2) is 13.4 Å². The Kier molecular flexibility index (Phi) is 7.60. The fraction of sp³-hybridized carbons (Fsp3) is 0.130. The van der Waals surface area contributed by atoms with Crippen molar-refractivity contribution in [1.29, 1.82) is 0 Å². The predicted molar refractivity (Wildman–Crippen MR) is 140 cm³/mol. The van der Waals surface area contributed by atoms with Crippen molar-refractivity contribution < 1.29 is 18.0 Å². The number of sulfone groups is 1. The summed E-state index contributed by atoms with van der Waals surface area (Å²) >= 11 is 8.44. The molecule has 0 spiro atoms. The molecule has 35 heavy (non-hydrogen) atoms. The summed E-state index contributed by atoms with van der Waals surface area (Å²) in [5, 5.41) is 5.05. The number of thiazole rings is 2. The van der Waals surface area contributed by atoms with Gasteiger partial charge in [-0.15, -0.1) is 17.9 Å². The average molecular weight is 547 g/mol. The Bertz CT molecular complexity index is 1590. The third kappa shape index (κ3) is 6.31. The molecule has 0 aliphatic rings. The van der Waals surface area contributed by atoms with E-state index in [1.807, 2.05) is 30.3 Å². The molecule has 0 radical (unpaired) electrons. The standard InChI is InChI=1S/C23H19ClN4O4S3/c1-2-10-28-18-9-8-16(24)11-19(18)34-23(28)27-21(30)14-35(31,32)13-20(29)26-22-25-17(12-33-22)15-6-4-3-5-7-15/h2-9,11-12H,1,10,13-14H2,(H,25,26,29). The molecule has 0 aliphatic heterocycles. The third-order valence-corrected chi connectivity index (χ3v) is 8.11. The van der Waals surface area contributed by atoms with Crippen molar-refractivity contribution in [3.05, 3.63) is 76.4 Å². The van der Waals surface area contributed by atoms with Gasteiger partial charge in [-0.05, 0) is 18.2 Å². The summed E-state index contributed by atoms with van der Waals surface area (Å²) in [7, 11) is -4.05. The van der Waals surface area contributed by atoms with Crippen LogP contribution in [0.1, 0.15) is 0 Å². The van der Waals surface area contributed by atoms with Gasteiger partial charge in [0.25, 0.3) is 5.91 Å². The van der Waals surface area contributed by atoms with Crippen molar-refractivity contribution in [2.45, 2.75) is 6.54 Å². The van der Waals surface area contributed by atoms with Gasteiger partial charge in [-0.2, -0.15) is 4.99 Å². The first kappa shape index (κ1) is 25.0. The number of benzene rings is 2. The van der Waals surface area contributed by atoms with Crippen molar-refractivity contribution in [3.8, 4) is 11.3 Å². The molecule has 2 aromatic heterocycles. The van der Waals surface area contributed by atoms with Crippen LogP contribution in [0.3, 0.4) is 0 Å². The highest BCUT2D eigenvalue weighted by Gasteiger charge is 2.22. The summed E-state index contributed by atoms with van der Waals surface area (Å²) in [6, 6.07) is 14.6. The number of carbonyl (C=O) groups is 2. The Morgan fingerprint density at radius 3 is 2.69 bits per heavy atom. The number of halogens is 1. The Morgan fingerprint density at radius 2 is 1.94 bits per heavy atom. The lowest BCUT2D eigenvalue weighted by Crippen LogP contribution is -2.28. The van der Waals surface area contributed by atoms with Crippen LogP contribution in [-0.4, -0.2) is 41.3 Å². The molecule has 4 rings (SSSR count). The minimum Gasteiger partial charge on any atom is -0.313 e. The van der Waals surface area contributed by atoms with E-state index in [0.29, 0.717) is 22.1 Å². The molecule has 180 valence electrons. The minimum absolute atomic E-state index is 0.273. The van der Waals surface area contributed by atoms with Gasteiger partial charge in [0.05, 0.1) is 15.9 Å². The van der Waals surface area contributed by atoms with Crippen LogP contribution >= 0.6 is 34.3 Å². The summed E-state index contributed by atoms with van der Waals surface area (Å²) in [6.07, 6.45) is 1.65. The molecule has 0 saturated heterocycles. The number of hydrogen-bond acceptors (Lipinski definition) is 7. The van der Waals surface area contributed by atoms with E-state index in [1.165, 1.54) is 22.7 Å². The zero-order chi connectivity index (χ0) is 25.0. The first-order valence-electron chi connectivity index (χ1n) is 10.2.